The highest BCUT2D eigenvalue weighted by Gasteiger charge is 2.26. The average molecular weight is 622 g/mol. The fourth-order valence-corrected chi connectivity index (χ4v) is 5.10. The Bertz CT molecular complexity index is 2620. The van der Waals surface area contributed by atoms with Gasteiger partial charge in [-0.25, -0.2) is 14.4 Å². The Morgan fingerprint density at radius 2 is 1.13 bits per heavy atom. The van der Waals surface area contributed by atoms with Gasteiger partial charge in [-0.1, -0.05) is 12.1 Å². The third kappa shape index (κ3) is 4.46. The van der Waals surface area contributed by atoms with E-state index in [2.05, 4.69) is 0 Å². The number of rotatable bonds is 4. The molecule has 3 aromatic carbocycles. The molecule has 6 N–H and O–H groups in total. The van der Waals surface area contributed by atoms with Crippen LogP contribution >= 0.6 is 0 Å². The van der Waals surface area contributed by atoms with Gasteiger partial charge in [-0.15, -0.1) is 0 Å². The third-order valence-electron chi connectivity index (χ3n) is 7.27. The van der Waals surface area contributed by atoms with E-state index >= 15 is 0 Å². The van der Waals surface area contributed by atoms with Crippen molar-refractivity contribution in [3.63, 3.8) is 0 Å². The smallest absolute Gasteiger partial charge is 0.348 e. The fourth-order valence-electron chi connectivity index (χ4n) is 5.10. The van der Waals surface area contributed by atoms with Crippen LogP contribution in [-0.2, 0) is 0 Å². The number of phenols is 6. The Kier molecular flexibility index (Phi) is 6.12. The van der Waals surface area contributed by atoms with E-state index in [4.69, 9.17) is 17.7 Å². The predicted octanol–water partition coefficient (Wildman–Crippen LogP) is 5.34. The molecule has 0 fully saturated rings. The molecular weight excluding hydrogens is 604 g/mol. The van der Waals surface area contributed by atoms with E-state index in [1.54, 1.807) is 0 Å². The maximum absolute atomic E-state index is 13.4. The van der Waals surface area contributed by atoms with Gasteiger partial charge >= 0.3 is 16.9 Å². The number of hydrogen-bond donors (Lipinski definition) is 6. The highest BCUT2D eigenvalue weighted by Crippen LogP contribution is 2.43. The van der Waals surface area contributed by atoms with Crippen LogP contribution in [0.15, 0.2) is 92.7 Å². The normalized spacial score (nSPS) is 11.7. The summed E-state index contributed by atoms with van der Waals surface area (Å²) in [6, 6.07) is 12.3. The van der Waals surface area contributed by atoms with Gasteiger partial charge in [0, 0.05) is 23.1 Å². The zero-order valence-electron chi connectivity index (χ0n) is 23.0. The third-order valence-corrected chi connectivity index (χ3v) is 7.27. The standard InChI is InChI=1S/C33H18O13/c34-18-5-2-13(7-20(18)36)1-4-15-9-24-29(33(42)43-15)28(30(44-24)14-3-6-19(35)21(37)8-14)26-12-25-27(32(41)46-26)16-10-22(38)23(39)11-17(16)31(40)45-25/h1-12,34-39H/b4-1+. The lowest BCUT2D eigenvalue weighted by Crippen LogP contribution is -2.07. The summed E-state index contributed by atoms with van der Waals surface area (Å²) in [6.07, 6.45) is 2.91. The maximum atomic E-state index is 13.4. The summed E-state index contributed by atoms with van der Waals surface area (Å²) in [6.45, 7) is 0. The summed E-state index contributed by atoms with van der Waals surface area (Å²) in [5.41, 5.74) is -2.69. The Hall–Kier alpha value is -6.89. The van der Waals surface area contributed by atoms with E-state index in [0.717, 1.165) is 18.2 Å². The summed E-state index contributed by atoms with van der Waals surface area (Å²) in [5.74, 6) is -3.18. The van der Waals surface area contributed by atoms with Crippen molar-refractivity contribution in [2.45, 2.75) is 0 Å². The van der Waals surface area contributed by atoms with Crippen LogP contribution in [0.3, 0.4) is 0 Å². The van der Waals surface area contributed by atoms with Crippen LogP contribution in [0.25, 0.3) is 67.5 Å². The van der Waals surface area contributed by atoms with E-state index in [9.17, 15) is 45.0 Å². The van der Waals surface area contributed by atoms with Crippen LogP contribution in [0.4, 0.5) is 0 Å². The number of furan rings is 1. The Morgan fingerprint density at radius 3 is 1.85 bits per heavy atom. The van der Waals surface area contributed by atoms with E-state index < -0.39 is 39.9 Å². The fraction of sp³-hybridized carbons (Fsp3) is 0. The van der Waals surface area contributed by atoms with Gasteiger partial charge in [0.05, 0.1) is 10.9 Å². The van der Waals surface area contributed by atoms with Gasteiger partial charge in [0.25, 0.3) is 0 Å². The molecule has 7 rings (SSSR count). The monoisotopic (exact) mass is 622 g/mol. The molecule has 13 nitrogen and oxygen atoms in total. The summed E-state index contributed by atoms with van der Waals surface area (Å²) >= 11 is 0. The van der Waals surface area contributed by atoms with Gasteiger partial charge in [-0.3, -0.25) is 0 Å². The zero-order chi connectivity index (χ0) is 32.4. The molecule has 0 radical (unpaired) electrons. The van der Waals surface area contributed by atoms with Crippen molar-refractivity contribution in [1.29, 1.82) is 0 Å². The number of aromatic hydroxyl groups is 6. The number of fused-ring (bicyclic) bond motifs is 4. The van der Waals surface area contributed by atoms with Gasteiger partial charge < -0.3 is 48.3 Å². The predicted molar refractivity (Wildman–Crippen MR) is 163 cm³/mol. The van der Waals surface area contributed by atoms with Crippen molar-refractivity contribution in [3.8, 4) is 57.1 Å². The van der Waals surface area contributed by atoms with Crippen molar-refractivity contribution in [1.82, 2.24) is 0 Å². The van der Waals surface area contributed by atoms with Crippen molar-refractivity contribution >= 4 is 44.9 Å². The topological polar surface area (TPSA) is 225 Å². The van der Waals surface area contributed by atoms with Crippen molar-refractivity contribution < 1.29 is 48.3 Å². The minimum atomic E-state index is -1.03. The summed E-state index contributed by atoms with van der Waals surface area (Å²) < 4.78 is 22.5. The molecule has 0 amide bonds. The van der Waals surface area contributed by atoms with Crippen LogP contribution in [0.1, 0.15) is 11.3 Å². The van der Waals surface area contributed by atoms with Gasteiger partial charge in [0.2, 0.25) is 0 Å². The molecule has 0 atom stereocenters. The Labute approximate surface area is 253 Å². The first-order valence-corrected chi connectivity index (χ1v) is 13.3. The van der Waals surface area contributed by atoms with E-state index in [0.29, 0.717) is 5.56 Å². The molecule has 0 bridgehead atoms. The average Bonchev–Trinajstić information content (AvgIpc) is 3.40. The van der Waals surface area contributed by atoms with Crippen molar-refractivity contribution in [2.24, 2.45) is 0 Å². The van der Waals surface area contributed by atoms with Crippen LogP contribution in [0, 0.1) is 0 Å². The summed E-state index contributed by atoms with van der Waals surface area (Å²) in [4.78, 5) is 39.6. The molecule has 7 aromatic rings. The highest BCUT2D eigenvalue weighted by molar-refractivity contribution is 6.07. The minimum absolute atomic E-state index is 0.0194. The van der Waals surface area contributed by atoms with Crippen molar-refractivity contribution in [2.75, 3.05) is 0 Å². The molecule has 0 saturated heterocycles. The second-order valence-electron chi connectivity index (χ2n) is 10.2. The molecule has 4 heterocycles. The zero-order valence-corrected chi connectivity index (χ0v) is 23.0. The first-order chi connectivity index (χ1) is 22.0. The molecule has 0 saturated carbocycles. The molecule has 0 aliphatic carbocycles. The van der Waals surface area contributed by atoms with E-state index in [1.165, 1.54) is 54.6 Å². The molecule has 13 heteroatoms. The minimum Gasteiger partial charge on any atom is -0.504 e. The van der Waals surface area contributed by atoms with E-state index in [-0.39, 0.29) is 72.6 Å². The van der Waals surface area contributed by atoms with Crippen LogP contribution in [-0.4, -0.2) is 30.6 Å². The van der Waals surface area contributed by atoms with Crippen molar-refractivity contribution in [3.05, 3.63) is 103 Å². The number of benzene rings is 3. The number of phenolic OH excluding ortho intramolecular Hbond substituents is 6. The van der Waals surface area contributed by atoms with Crippen LogP contribution in [0.2, 0.25) is 0 Å². The lowest BCUT2D eigenvalue weighted by atomic mass is 10.0. The highest BCUT2D eigenvalue weighted by atomic mass is 16.4. The quantitative estimate of drug-likeness (QED) is 0.108. The molecule has 4 aromatic heterocycles. The van der Waals surface area contributed by atoms with E-state index in [1.807, 2.05) is 0 Å². The first-order valence-electron chi connectivity index (χ1n) is 13.3. The van der Waals surface area contributed by atoms with Gasteiger partial charge in [-0.05, 0) is 54.1 Å². The lowest BCUT2D eigenvalue weighted by molar-refractivity contribution is 0.403. The first kappa shape index (κ1) is 27.9. The second kappa shape index (κ2) is 10.1. The molecule has 0 unspecified atom stereocenters. The molecule has 46 heavy (non-hydrogen) atoms. The summed E-state index contributed by atoms with van der Waals surface area (Å²) in [7, 11) is 0. The SMILES string of the molecule is O=c1oc2cc(-c3c(-c4ccc(O)c(O)c4)oc4cc(/C=C/c5ccc(O)c(O)c5)oc(=O)c34)oc(=O)c2c2cc(O)c(O)cc12. The maximum Gasteiger partial charge on any atom is 0.348 e. The molecule has 0 aliphatic rings. The Balaban J connectivity index is 1.48. The lowest BCUT2D eigenvalue weighted by Gasteiger charge is -2.07. The summed E-state index contributed by atoms with van der Waals surface area (Å²) in [5, 5.41) is 58.6. The molecule has 0 aliphatic heterocycles. The molecule has 228 valence electrons. The largest absolute Gasteiger partial charge is 0.504 e. The molecular formula is C33H18O13. The van der Waals surface area contributed by atoms with Gasteiger partial charge in [-0.2, -0.15) is 0 Å². The van der Waals surface area contributed by atoms with Crippen LogP contribution in [0.5, 0.6) is 34.5 Å². The molecule has 0 spiro atoms. The van der Waals surface area contributed by atoms with Gasteiger partial charge in [0.1, 0.15) is 39.2 Å². The van der Waals surface area contributed by atoms with Crippen LogP contribution < -0.4 is 16.9 Å². The Morgan fingerprint density at radius 1 is 0.500 bits per heavy atom. The van der Waals surface area contributed by atoms with Gasteiger partial charge in [0.15, 0.2) is 34.5 Å². The second-order valence-corrected chi connectivity index (χ2v) is 10.2. The number of hydrogen-bond acceptors (Lipinski definition) is 13.